The molecule has 1 fully saturated rings. The smallest absolute Gasteiger partial charge is 0.339 e. The van der Waals surface area contributed by atoms with Gasteiger partial charge in [0.25, 0.3) is 0 Å². The molecule has 0 aliphatic heterocycles. The summed E-state index contributed by atoms with van der Waals surface area (Å²) in [4.78, 5) is 11.8. The van der Waals surface area contributed by atoms with Crippen molar-refractivity contribution in [1.82, 2.24) is 4.72 Å². The fourth-order valence-electron chi connectivity index (χ4n) is 2.88. The Morgan fingerprint density at radius 2 is 2.14 bits per heavy atom. The van der Waals surface area contributed by atoms with Crippen molar-refractivity contribution in [2.24, 2.45) is 11.7 Å². The van der Waals surface area contributed by atoms with E-state index in [0.717, 1.165) is 24.8 Å². The zero-order valence-corrected chi connectivity index (χ0v) is 13.7. The molecule has 1 aliphatic rings. The van der Waals surface area contributed by atoms with Gasteiger partial charge < -0.3 is 10.5 Å². The Morgan fingerprint density at radius 1 is 1.41 bits per heavy atom. The summed E-state index contributed by atoms with van der Waals surface area (Å²) in [5.74, 6) is -0.521. The standard InChI is InChI=1S/C15H22N2O4S/c1-10-6-7-14(12(8-10)15(18)21-2)22(19,20)17-13-5-3-4-11(13)9-16/h6-8,11,13,17H,3-5,9,16H2,1-2H3. The predicted molar refractivity (Wildman–Crippen MR) is 83.0 cm³/mol. The predicted octanol–water partition coefficient (Wildman–Crippen LogP) is 1.19. The molecule has 1 aromatic carbocycles. The van der Waals surface area contributed by atoms with Crippen molar-refractivity contribution in [2.45, 2.75) is 37.1 Å². The molecule has 2 atom stereocenters. The lowest BCUT2D eigenvalue weighted by atomic mass is 10.1. The second kappa shape index (κ2) is 6.76. The molecular weight excluding hydrogens is 304 g/mol. The second-order valence-corrected chi connectivity index (χ2v) is 7.33. The minimum atomic E-state index is -3.80. The molecule has 1 aromatic rings. The molecule has 0 heterocycles. The molecule has 2 unspecified atom stereocenters. The fraction of sp³-hybridized carbons (Fsp3) is 0.533. The Hall–Kier alpha value is -1.44. The molecular formula is C15H22N2O4S. The highest BCUT2D eigenvalue weighted by atomic mass is 32.2. The summed E-state index contributed by atoms with van der Waals surface area (Å²) in [6.45, 7) is 2.24. The third-order valence-corrected chi connectivity index (χ3v) is 5.65. The van der Waals surface area contributed by atoms with Gasteiger partial charge in [0.15, 0.2) is 0 Å². The van der Waals surface area contributed by atoms with Crippen molar-refractivity contribution in [3.8, 4) is 0 Å². The van der Waals surface area contributed by atoms with Crippen LogP contribution in [0.4, 0.5) is 0 Å². The zero-order valence-electron chi connectivity index (χ0n) is 12.8. The molecule has 22 heavy (non-hydrogen) atoms. The molecule has 2 rings (SSSR count). The number of nitrogens with two attached hydrogens (primary N) is 1. The van der Waals surface area contributed by atoms with Gasteiger partial charge in [0.05, 0.1) is 17.6 Å². The number of carbonyl (C=O) groups is 1. The van der Waals surface area contributed by atoms with Crippen LogP contribution < -0.4 is 10.5 Å². The van der Waals surface area contributed by atoms with E-state index in [2.05, 4.69) is 9.46 Å². The largest absolute Gasteiger partial charge is 0.465 e. The molecule has 0 aromatic heterocycles. The van der Waals surface area contributed by atoms with E-state index in [1.54, 1.807) is 13.0 Å². The van der Waals surface area contributed by atoms with Crippen molar-refractivity contribution in [2.75, 3.05) is 13.7 Å². The number of ether oxygens (including phenoxy) is 1. The maximum atomic E-state index is 12.6. The van der Waals surface area contributed by atoms with Crippen molar-refractivity contribution in [1.29, 1.82) is 0 Å². The van der Waals surface area contributed by atoms with Crippen LogP contribution in [0, 0.1) is 12.8 Å². The van der Waals surface area contributed by atoms with E-state index in [-0.39, 0.29) is 22.4 Å². The van der Waals surface area contributed by atoms with Crippen LogP contribution in [0.3, 0.4) is 0 Å². The Kier molecular flexibility index (Phi) is 5.20. The molecule has 0 spiro atoms. The van der Waals surface area contributed by atoms with Gasteiger partial charge in [-0.15, -0.1) is 0 Å². The van der Waals surface area contributed by atoms with Gasteiger partial charge in [-0.05, 0) is 44.4 Å². The first-order valence-electron chi connectivity index (χ1n) is 7.30. The highest BCUT2D eigenvalue weighted by Gasteiger charge is 2.32. The number of hydrogen-bond acceptors (Lipinski definition) is 5. The summed E-state index contributed by atoms with van der Waals surface area (Å²) in [6, 6.07) is 4.45. The maximum Gasteiger partial charge on any atom is 0.339 e. The van der Waals surface area contributed by atoms with E-state index in [4.69, 9.17) is 5.73 Å². The average molecular weight is 326 g/mol. The van der Waals surface area contributed by atoms with Crippen LogP contribution in [0.1, 0.15) is 35.2 Å². The van der Waals surface area contributed by atoms with E-state index in [1.807, 2.05) is 0 Å². The average Bonchev–Trinajstić information content (AvgIpc) is 2.92. The summed E-state index contributed by atoms with van der Waals surface area (Å²) in [6.07, 6.45) is 2.63. The number of nitrogens with one attached hydrogen (secondary N) is 1. The highest BCUT2D eigenvalue weighted by molar-refractivity contribution is 7.89. The van der Waals surface area contributed by atoms with Gasteiger partial charge in [-0.2, -0.15) is 0 Å². The monoisotopic (exact) mass is 326 g/mol. The third-order valence-electron chi connectivity index (χ3n) is 4.10. The van der Waals surface area contributed by atoms with Crippen molar-refractivity contribution >= 4 is 16.0 Å². The van der Waals surface area contributed by atoms with E-state index in [0.29, 0.717) is 6.54 Å². The quantitative estimate of drug-likeness (QED) is 0.792. The van der Waals surface area contributed by atoms with Gasteiger partial charge in [-0.25, -0.2) is 17.9 Å². The van der Waals surface area contributed by atoms with Gasteiger partial charge in [0, 0.05) is 6.04 Å². The number of benzene rings is 1. The SMILES string of the molecule is COC(=O)c1cc(C)ccc1S(=O)(=O)NC1CCCC1CN. The van der Waals surface area contributed by atoms with Crippen LogP contribution in [0.25, 0.3) is 0 Å². The van der Waals surface area contributed by atoms with E-state index >= 15 is 0 Å². The molecule has 0 saturated heterocycles. The Bertz CT molecular complexity index is 658. The number of sulfonamides is 1. The number of hydrogen-bond donors (Lipinski definition) is 2. The third kappa shape index (κ3) is 3.48. The first-order chi connectivity index (χ1) is 10.4. The van der Waals surface area contributed by atoms with Gasteiger partial charge in [0.2, 0.25) is 10.0 Å². The summed E-state index contributed by atoms with van der Waals surface area (Å²) in [7, 11) is -2.56. The molecule has 0 amide bonds. The summed E-state index contributed by atoms with van der Waals surface area (Å²) < 4.78 is 32.7. The van der Waals surface area contributed by atoms with Crippen LogP contribution in [-0.2, 0) is 14.8 Å². The summed E-state index contributed by atoms with van der Waals surface area (Å²) in [5.41, 5.74) is 6.54. The van der Waals surface area contributed by atoms with E-state index in [9.17, 15) is 13.2 Å². The topological polar surface area (TPSA) is 98.5 Å². The lowest BCUT2D eigenvalue weighted by Crippen LogP contribution is -2.40. The van der Waals surface area contributed by atoms with Crippen molar-refractivity contribution < 1.29 is 17.9 Å². The van der Waals surface area contributed by atoms with Crippen molar-refractivity contribution in [3.05, 3.63) is 29.3 Å². The molecule has 0 radical (unpaired) electrons. The zero-order chi connectivity index (χ0) is 16.3. The lowest BCUT2D eigenvalue weighted by molar-refractivity contribution is 0.0596. The first kappa shape index (κ1) is 16.9. The first-order valence-corrected chi connectivity index (χ1v) is 8.78. The molecule has 1 saturated carbocycles. The van der Waals surface area contributed by atoms with Gasteiger partial charge in [0.1, 0.15) is 0 Å². The Labute approximate surface area is 131 Å². The van der Waals surface area contributed by atoms with Crippen LogP contribution in [0.5, 0.6) is 0 Å². The number of methoxy groups -OCH3 is 1. The molecule has 122 valence electrons. The van der Waals surface area contributed by atoms with Crippen LogP contribution in [0.15, 0.2) is 23.1 Å². The molecule has 3 N–H and O–H groups in total. The Balaban J connectivity index is 2.35. The van der Waals surface area contributed by atoms with E-state index < -0.39 is 16.0 Å². The normalized spacial score (nSPS) is 21.8. The number of aryl methyl sites for hydroxylation is 1. The lowest BCUT2D eigenvalue weighted by Gasteiger charge is -2.20. The molecule has 7 heteroatoms. The minimum absolute atomic E-state index is 0.0485. The maximum absolute atomic E-state index is 12.6. The summed E-state index contributed by atoms with van der Waals surface area (Å²) in [5, 5.41) is 0. The van der Waals surface area contributed by atoms with Crippen LogP contribution in [0.2, 0.25) is 0 Å². The number of rotatable bonds is 5. The van der Waals surface area contributed by atoms with Gasteiger partial charge >= 0.3 is 5.97 Å². The Morgan fingerprint density at radius 3 is 2.77 bits per heavy atom. The molecule has 0 bridgehead atoms. The highest BCUT2D eigenvalue weighted by Crippen LogP contribution is 2.27. The van der Waals surface area contributed by atoms with Crippen LogP contribution >= 0.6 is 0 Å². The van der Waals surface area contributed by atoms with Gasteiger partial charge in [-0.1, -0.05) is 18.1 Å². The molecule has 6 nitrogen and oxygen atoms in total. The fourth-order valence-corrected chi connectivity index (χ4v) is 4.40. The summed E-state index contributed by atoms with van der Waals surface area (Å²) >= 11 is 0. The molecule has 1 aliphatic carbocycles. The van der Waals surface area contributed by atoms with E-state index in [1.165, 1.54) is 19.2 Å². The number of esters is 1. The number of carbonyl (C=O) groups excluding carboxylic acids is 1. The minimum Gasteiger partial charge on any atom is -0.465 e. The van der Waals surface area contributed by atoms with Crippen LogP contribution in [-0.4, -0.2) is 34.1 Å². The second-order valence-electron chi connectivity index (χ2n) is 5.65. The van der Waals surface area contributed by atoms with Crippen molar-refractivity contribution in [3.63, 3.8) is 0 Å². The van der Waals surface area contributed by atoms with Gasteiger partial charge in [-0.3, -0.25) is 0 Å².